The summed E-state index contributed by atoms with van der Waals surface area (Å²) in [6.07, 6.45) is 2.68. The van der Waals surface area contributed by atoms with Crippen LogP contribution in [0.3, 0.4) is 0 Å². The topological polar surface area (TPSA) is 146 Å². The first kappa shape index (κ1) is 37.2. The smallest absolute Gasteiger partial charge is 0.257 e. The molecule has 0 bridgehead atoms. The molecule has 7 rings (SSSR count). The molecule has 0 radical (unpaired) electrons. The van der Waals surface area contributed by atoms with Gasteiger partial charge in [0.1, 0.15) is 12.1 Å². The van der Waals surface area contributed by atoms with Crippen molar-refractivity contribution in [3.8, 4) is 22.5 Å². The number of H-pyrrole nitrogens is 1. The number of ether oxygens (including phenoxy) is 2. The molecule has 282 valence electrons. The first-order chi connectivity index (χ1) is 26.9. The van der Waals surface area contributed by atoms with Crippen molar-refractivity contribution in [1.29, 1.82) is 0 Å². The fraction of sp³-hybridized carbons (Fsp3) is 0.279. The molecule has 2 aliphatic heterocycles. The van der Waals surface area contributed by atoms with Gasteiger partial charge in [-0.1, -0.05) is 84.9 Å². The zero-order valence-corrected chi connectivity index (χ0v) is 30.8. The third-order valence-electron chi connectivity index (χ3n) is 10.3. The highest BCUT2D eigenvalue weighted by atomic mass is 16.5. The van der Waals surface area contributed by atoms with Gasteiger partial charge in [0.05, 0.1) is 17.7 Å². The summed E-state index contributed by atoms with van der Waals surface area (Å²) in [6.45, 7) is 0.978. The number of aromatic nitrogens is 2. The molecule has 2 fully saturated rings. The summed E-state index contributed by atoms with van der Waals surface area (Å²) in [5.74, 6) is -0.937. The van der Waals surface area contributed by atoms with E-state index in [1.807, 2.05) is 109 Å². The number of carbonyl (C=O) groups is 4. The lowest BCUT2D eigenvalue weighted by Gasteiger charge is -2.27. The number of benzene rings is 4. The highest BCUT2D eigenvalue weighted by Gasteiger charge is 2.39. The molecule has 0 spiro atoms. The zero-order chi connectivity index (χ0) is 38.3. The van der Waals surface area contributed by atoms with Gasteiger partial charge in [-0.15, -0.1) is 0 Å². The van der Waals surface area contributed by atoms with Gasteiger partial charge in [0.25, 0.3) is 11.8 Å². The summed E-state index contributed by atoms with van der Waals surface area (Å²) < 4.78 is 11.1. The predicted octanol–water partition coefficient (Wildman–Crippen LogP) is 6.38. The van der Waals surface area contributed by atoms with E-state index in [9.17, 15) is 19.2 Å². The lowest BCUT2D eigenvalue weighted by atomic mass is 10.0. The van der Waals surface area contributed by atoms with Crippen molar-refractivity contribution < 1.29 is 28.7 Å². The van der Waals surface area contributed by atoms with Crippen molar-refractivity contribution in [1.82, 2.24) is 19.8 Å². The molecule has 3 heterocycles. The Morgan fingerprint density at radius 3 is 1.51 bits per heavy atom. The number of anilines is 2. The number of carbonyl (C=O) groups excluding carboxylic acids is 4. The minimum atomic E-state index is -0.776. The van der Waals surface area contributed by atoms with Crippen LogP contribution in [0.2, 0.25) is 0 Å². The molecule has 0 saturated carbocycles. The van der Waals surface area contributed by atoms with Crippen LogP contribution in [-0.4, -0.2) is 82.8 Å². The normalized spacial score (nSPS) is 17.8. The van der Waals surface area contributed by atoms with Crippen LogP contribution in [0.25, 0.3) is 22.5 Å². The van der Waals surface area contributed by atoms with Gasteiger partial charge in [0.2, 0.25) is 11.8 Å². The van der Waals surface area contributed by atoms with E-state index in [2.05, 4.69) is 20.6 Å². The highest BCUT2D eigenvalue weighted by molar-refractivity contribution is 5.99. The summed E-state index contributed by atoms with van der Waals surface area (Å²) >= 11 is 0. The molecule has 2 aliphatic rings. The minimum Gasteiger partial charge on any atom is -0.367 e. The Morgan fingerprint density at radius 1 is 0.636 bits per heavy atom. The van der Waals surface area contributed by atoms with E-state index in [4.69, 9.17) is 9.47 Å². The summed E-state index contributed by atoms with van der Waals surface area (Å²) in [5, 5.41) is 5.98. The Kier molecular flexibility index (Phi) is 11.4. The van der Waals surface area contributed by atoms with Crippen LogP contribution in [0.15, 0.2) is 116 Å². The second kappa shape index (κ2) is 16.9. The molecule has 12 nitrogen and oxygen atoms in total. The summed E-state index contributed by atoms with van der Waals surface area (Å²) in [5.41, 5.74) is 5.93. The van der Waals surface area contributed by atoms with Crippen LogP contribution < -0.4 is 10.6 Å². The van der Waals surface area contributed by atoms with Crippen molar-refractivity contribution >= 4 is 35.0 Å². The molecule has 1 unspecified atom stereocenters. The van der Waals surface area contributed by atoms with E-state index in [1.165, 1.54) is 14.2 Å². The molecular weight excluding hydrogens is 697 g/mol. The van der Waals surface area contributed by atoms with Gasteiger partial charge in [0, 0.05) is 49.8 Å². The molecule has 4 amide bonds. The molecule has 4 atom stereocenters. The SMILES string of the molecule is CO[C@H](C(=O)N1CCCC1C(=O)Nc1ccc(-c2[nH]cnc2-c2ccc(NC(=O)[C@@H]3CCCN3C(=O)[C@@H](OC)c3ccccc3)cc2)cc1)c1ccccc1. The number of hydrogen-bond donors (Lipinski definition) is 3. The second-order valence-corrected chi connectivity index (χ2v) is 13.7. The van der Waals surface area contributed by atoms with Crippen LogP contribution in [0.5, 0.6) is 0 Å². The van der Waals surface area contributed by atoms with Crippen molar-refractivity contribution in [3.05, 3.63) is 127 Å². The van der Waals surface area contributed by atoms with Gasteiger partial charge >= 0.3 is 0 Å². The van der Waals surface area contributed by atoms with Gasteiger partial charge < -0.3 is 34.9 Å². The van der Waals surface area contributed by atoms with Crippen LogP contribution in [0.4, 0.5) is 11.4 Å². The Balaban J connectivity index is 0.974. The van der Waals surface area contributed by atoms with Crippen LogP contribution >= 0.6 is 0 Å². The zero-order valence-electron chi connectivity index (χ0n) is 30.8. The minimum absolute atomic E-state index is 0.226. The van der Waals surface area contributed by atoms with E-state index in [1.54, 1.807) is 16.1 Å². The second-order valence-electron chi connectivity index (χ2n) is 13.7. The Morgan fingerprint density at radius 2 is 1.07 bits per heavy atom. The standard InChI is InChI=1S/C43H44N6O6/c1-54-38(30-11-5-3-6-12-30)42(52)48-25-9-15-34(48)40(50)46-32-21-17-28(18-22-32)36-37(45-27-44-36)29-19-23-33(24-20-29)47-41(51)35-16-10-26-49(35)43(53)39(55-2)31-13-7-4-8-14-31/h3-8,11-14,17-24,27,34-35,38-39H,9-10,15-16,25-26H2,1-2H3,(H,44,45)(H,46,50)(H,47,51)/t34-,35?,38-,39-/m0/s1. The first-order valence-corrected chi connectivity index (χ1v) is 18.5. The molecule has 1 aromatic heterocycles. The van der Waals surface area contributed by atoms with Crippen LogP contribution in [0.1, 0.15) is 49.0 Å². The van der Waals surface area contributed by atoms with Crippen LogP contribution in [-0.2, 0) is 28.7 Å². The molecule has 0 aliphatic carbocycles. The van der Waals surface area contributed by atoms with E-state index in [0.29, 0.717) is 37.3 Å². The maximum Gasteiger partial charge on any atom is 0.257 e. The quantitative estimate of drug-likeness (QED) is 0.135. The van der Waals surface area contributed by atoms with Crippen molar-refractivity contribution in [2.24, 2.45) is 0 Å². The summed E-state index contributed by atoms with van der Waals surface area (Å²) in [6, 6.07) is 32.3. The third-order valence-corrected chi connectivity index (χ3v) is 10.3. The monoisotopic (exact) mass is 740 g/mol. The number of likely N-dealkylation sites (tertiary alicyclic amines) is 2. The molecular formula is C43H44N6O6. The predicted molar refractivity (Wildman–Crippen MR) is 209 cm³/mol. The summed E-state index contributed by atoms with van der Waals surface area (Å²) in [4.78, 5) is 64.8. The lowest BCUT2D eigenvalue weighted by molar-refractivity contribution is -0.146. The molecule has 3 N–H and O–H groups in total. The van der Waals surface area contributed by atoms with E-state index >= 15 is 0 Å². The summed E-state index contributed by atoms with van der Waals surface area (Å²) in [7, 11) is 3.01. The Labute approximate surface area is 319 Å². The van der Waals surface area contributed by atoms with Gasteiger partial charge in [-0.2, -0.15) is 0 Å². The number of amides is 4. The van der Waals surface area contributed by atoms with E-state index in [0.717, 1.165) is 46.5 Å². The van der Waals surface area contributed by atoms with Gasteiger partial charge in [-0.25, -0.2) is 4.98 Å². The average Bonchev–Trinajstić information content (AvgIpc) is 4.02. The average molecular weight is 741 g/mol. The highest BCUT2D eigenvalue weighted by Crippen LogP contribution is 2.32. The molecule has 5 aromatic rings. The number of nitrogens with one attached hydrogen (secondary N) is 3. The van der Waals surface area contributed by atoms with Gasteiger partial charge in [0.15, 0.2) is 12.2 Å². The maximum atomic E-state index is 13.5. The Hall–Kier alpha value is -6.11. The number of methoxy groups -OCH3 is 2. The number of rotatable bonds is 12. The molecule has 2 saturated heterocycles. The fourth-order valence-electron chi connectivity index (χ4n) is 7.54. The van der Waals surface area contributed by atoms with Crippen molar-refractivity contribution in [2.75, 3.05) is 37.9 Å². The third kappa shape index (κ3) is 8.06. The Bertz CT molecular complexity index is 1960. The number of aromatic amines is 1. The van der Waals surface area contributed by atoms with Crippen molar-refractivity contribution in [2.45, 2.75) is 50.0 Å². The number of imidazole rings is 1. The molecule has 55 heavy (non-hydrogen) atoms. The lowest BCUT2D eigenvalue weighted by Crippen LogP contribution is -2.45. The van der Waals surface area contributed by atoms with Crippen LogP contribution in [0, 0.1) is 0 Å². The maximum absolute atomic E-state index is 13.5. The molecule has 4 aromatic carbocycles. The van der Waals surface area contributed by atoms with Crippen molar-refractivity contribution in [3.63, 3.8) is 0 Å². The van der Waals surface area contributed by atoms with E-state index < -0.39 is 24.3 Å². The number of hydrogen-bond acceptors (Lipinski definition) is 7. The van der Waals surface area contributed by atoms with E-state index in [-0.39, 0.29) is 23.6 Å². The fourth-order valence-corrected chi connectivity index (χ4v) is 7.54. The molecule has 12 heteroatoms. The van der Waals surface area contributed by atoms with Gasteiger partial charge in [-0.05, 0) is 61.1 Å². The largest absolute Gasteiger partial charge is 0.367 e. The van der Waals surface area contributed by atoms with Gasteiger partial charge in [-0.3, -0.25) is 19.2 Å². The first-order valence-electron chi connectivity index (χ1n) is 18.5. The number of nitrogens with zero attached hydrogens (tertiary/aromatic N) is 3.